The molecule has 0 aromatic carbocycles. The van der Waals surface area contributed by atoms with E-state index >= 15 is 0 Å². The molecule has 0 radical (unpaired) electrons. The third-order valence-electron chi connectivity index (χ3n) is 1.95. The van der Waals surface area contributed by atoms with E-state index in [9.17, 15) is 4.79 Å². The number of nitrogens with zero attached hydrogens (tertiary/aromatic N) is 1. The highest BCUT2D eigenvalue weighted by Crippen LogP contribution is 2.22. The summed E-state index contributed by atoms with van der Waals surface area (Å²) in [5.74, 6) is -0.00748. The fourth-order valence-electron chi connectivity index (χ4n) is 1.26. The normalized spacial score (nSPS) is 10.6. The molecule has 0 fully saturated rings. The van der Waals surface area contributed by atoms with Crippen molar-refractivity contribution in [2.75, 3.05) is 6.54 Å². The molecule has 1 rings (SSSR count). The van der Waals surface area contributed by atoms with Crippen molar-refractivity contribution in [1.82, 2.24) is 4.90 Å². The molecule has 0 unspecified atom stereocenters. The molecule has 1 aromatic rings. The van der Waals surface area contributed by atoms with Crippen LogP contribution in [0, 0.1) is 0 Å². The minimum Gasteiger partial charge on any atom is -0.330 e. The maximum Gasteiger partial charge on any atom is 0.246 e. The Morgan fingerprint density at radius 1 is 1.62 bits per heavy atom. The van der Waals surface area contributed by atoms with Crippen LogP contribution in [0.15, 0.2) is 36.9 Å². The maximum absolute atomic E-state index is 11.7. The first-order valence-electron chi connectivity index (χ1n) is 4.94. The lowest BCUT2D eigenvalue weighted by atomic mass is 10.3. The number of rotatable bonds is 5. The molecule has 1 amide bonds. The van der Waals surface area contributed by atoms with Gasteiger partial charge in [-0.15, -0.1) is 17.9 Å². The molecule has 0 spiro atoms. The minimum atomic E-state index is -0.00748. The van der Waals surface area contributed by atoms with Gasteiger partial charge in [0.2, 0.25) is 5.91 Å². The summed E-state index contributed by atoms with van der Waals surface area (Å²) in [5.41, 5.74) is 0. The minimum absolute atomic E-state index is 0.00748. The number of halogens is 1. The third-order valence-corrected chi connectivity index (χ3v) is 3.16. The third kappa shape index (κ3) is 3.83. The fourth-order valence-corrected chi connectivity index (χ4v) is 2.36. The molecule has 0 N–H and O–H groups in total. The topological polar surface area (TPSA) is 20.3 Å². The van der Waals surface area contributed by atoms with Gasteiger partial charge >= 0.3 is 0 Å². The summed E-state index contributed by atoms with van der Waals surface area (Å²) in [5, 5.41) is 0. The van der Waals surface area contributed by atoms with Gasteiger partial charge in [0.05, 0.1) is 10.9 Å². The zero-order valence-corrected chi connectivity index (χ0v) is 10.7. The van der Waals surface area contributed by atoms with Crippen LogP contribution in [0.3, 0.4) is 0 Å². The highest BCUT2D eigenvalue weighted by atomic mass is 35.5. The highest BCUT2D eigenvalue weighted by Gasteiger charge is 2.10. The molecule has 0 saturated heterocycles. The van der Waals surface area contributed by atoms with Gasteiger partial charge < -0.3 is 4.90 Å². The van der Waals surface area contributed by atoms with E-state index in [4.69, 9.17) is 11.6 Å². The number of allylic oxidation sites excluding steroid dienone is 1. The lowest BCUT2D eigenvalue weighted by molar-refractivity contribution is -0.126. The van der Waals surface area contributed by atoms with Gasteiger partial charge in [0, 0.05) is 11.4 Å². The average Bonchev–Trinajstić information content (AvgIpc) is 2.64. The first-order valence-corrected chi connectivity index (χ1v) is 6.13. The second-order valence-electron chi connectivity index (χ2n) is 3.21. The maximum atomic E-state index is 11.7. The quantitative estimate of drug-likeness (QED) is 0.583. The molecule has 1 aromatic heterocycles. The predicted octanol–water partition coefficient (Wildman–Crippen LogP) is 3.49. The van der Waals surface area contributed by atoms with Gasteiger partial charge in [-0.1, -0.05) is 23.8 Å². The van der Waals surface area contributed by atoms with Crippen molar-refractivity contribution in [3.05, 3.63) is 46.2 Å². The van der Waals surface area contributed by atoms with Crippen LogP contribution in [0.2, 0.25) is 4.34 Å². The summed E-state index contributed by atoms with van der Waals surface area (Å²) in [6, 6.07) is 3.78. The summed E-state index contributed by atoms with van der Waals surface area (Å²) < 4.78 is 0.743. The Labute approximate surface area is 105 Å². The van der Waals surface area contributed by atoms with Crippen molar-refractivity contribution in [3.63, 3.8) is 0 Å². The van der Waals surface area contributed by atoms with E-state index in [0.717, 1.165) is 9.21 Å². The zero-order valence-electron chi connectivity index (χ0n) is 9.15. The highest BCUT2D eigenvalue weighted by molar-refractivity contribution is 7.16. The van der Waals surface area contributed by atoms with Crippen molar-refractivity contribution in [1.29, 1.82) is 0 Å². The molecule has 1 heterocycles. The van der Waals surface area contributed by atoms with E-state index in [1.54, 1.807) is 23.1 Å². The summed E-state index contributed by atoms with van der Waals surface area (Å²) in [6.45, 7) is 6.59. The van der Waals surface area contributed by atoms with Crippen molar-refractivity contribution in [3.8, 4) is 0 Å². The Balaban J connectivity index is 2.71. The molecule has 0 saturated carbocycles. The van der Waals surface area contributed by atoms with Crippen LogP contribution in [0.5, 0.6) is 0 Å². The van der Waals surface area contributed by atoms with Gasteiger partial charge in [-0.05, 0) is 25.1 Å². The molecule has 86 valence electrons. The van der Waals surface area contributed by atoms with Gasteiger partial charge in [0.15, 0.2) is 0 Å². The SMILES string of the molecule is C=CCN(Cc1ccc(Cl)s1)C(=O)C=CC. The van der Waals surface area contributed by atoms with E-state index < -0.39 is 0 Å². The lowest BCUT2D eigenvalue weighted by Crippen LogP contribution is -2.28. The van der Waals surface area contributed by atoms with E-state index in [1.807, 2.05) is 19.1 Å². The standard InChI is InChI=1S/C12H14ClNOS/c1-3-5-12(15)14(8-4-2)9-10-6-7-11(13)16-10/h3-7H,2,8-9H2,1H3. The molecule has 2 nitrogen and oxygen atoms in total. The van der Waals surface area contributed by atoms with E-state index in [1.165, 1.54) is 11.3 Å². The van der Waals surface area contributed by atoms with Gasteiger partial charge in [0.25, 0.3) is 0 Å². The number of carbonyl (C=O) groups excluding carboxylic acids is 1. The van der Waals surface area contributed by atoms with Gasteiger partial charge in [-0.3, -0.25) is 4.79 Å². The Morgan fingerprint density at radius 2 is 2.38 bits per heavy atom. The number of hydrogen-bond acceptors (Lipinski definition) is 2. The van der Waals surface area contributed by atoms with Gasteiger partial charge in [0.1, 0.15) is 0 Å². The van der Waals surface area contributed by atoms with Crippen LogP contribution in [0.1, 0.15) is 11.8 Å². The Morgan fingerprint density at radius 3 is 2.88 bits per heavy atom. The van der Waals surface area contributed by atoms with Crippen molar-refractivity contribution in [2.45, 2.75) is 13.5 Å². The van der Waals surface area contributed by atoms with Crippen LogP contribution in [-0.4, -0.2) is 17.4 Å². The second kappa shape index (κ2) is 6.51. The van der Waals surface area contributed by atoms with Crippen LogP contribution < -0.4 is 0 Å². The fraction of sp³-hybridized carbons (Fsp3) is 0.250. The van der Waals surface area contributed by atoms with Crippen molar-refractivity contribution < 1.29 is 4.79 Å². The molecular weight excluding hydrogens is 242 g/mol. The van der Waals surface area contributed by atoms with Crippen LogP contribution in [-0.2, 0) is 11.3 Å². The molecule has 0 bridgehead atoms. The number of thiophene rings is 1. The second-order valence-corrected chi connectivity index (χ2v) is 5.01. The molecule has 0 aliphatic rings. The first-order chi connectivity index (χ1) is 7.67. The molecule has 0 aliphatic heterocycles. The lowest BCUT2D eigenvalue weighted by Gasteiger charge is -2.18. The molecule has 0 aliphatic carbocycles. The van der Waals surface area contributed by atoms with Crippen LogP contribution in [0.25, 0.3) is 0 Å². The van der Waals surface area contributed by atoms with Crippen molar-refractivity contribution >= 4 is 28.8 Å². The Hall–Kier alpha value is -1.06. The molecule has 4 heteroatoms. The summed E-state index contributed by atoms with van der Waals surface area (Å²) in [7, 11) is 0. The summed E-state index contributed by atoms with van der Waals surface area (Å²) >= 11 is 7.33. The molecule has 16 heavy (non-hydrogen) atoms. The Bertz CT molecular complexity index is 397. The number of amides is 1. The largest absolute Gasteiger partial charge is 0.330 e. The van der Waals surface area contributed by atoms with Gasteiger partial charge in [-0.25, -0.2) is 0 Å². The average molecular weight is 256 g/mol. The zero-order chi connectivity index (χ0) is 12.0. The predicted molar refractivity (Wildman–Crippen MR) is 69.8 cm³/mol. The van der Waals surface area contributed by atoms with Crippen LogP contribution >= 0.6 is 22.9 Å². The van der Waals surface area contributed by atoms with Crippen molar-refractivity contribution in [2.24, 2.45) is 0 Å². The molecular formula is C12H14ClNOS. The summed E-state index contributed by atoms with van der Waals surface area (Å²) in [6.07, 6.45) is 5.01. The summed E-state index contributed by atoms with van der Waals surface area (Å²) in [4.78, 5) is 14.5. The van der Waals surface area contributed by atoms with E-state index in [0.29, 0.717) is 13.1 Å². The molecule has 0 atom stereocenters. The first kappa shape index (κ1) is 13.0. The number of hydrogen-bond donors (Lipinski definition) is 0. The monoisotopic (exact) mass is 255 g/mol. The van der Waals surface area contributed by atoms with E-state index in [2.05, 4.69) is 6.58 Å². The van der Waals surface area contributed by atoms with Gasteiger partial charge in [-0.2, -0.15) is 0 Å². The number of carbonyl (C=O) groups is 1. The van der Waals surface area contributed by atoms with E-state index in [-0.39, 0.29) is 5.91 Å². The Kier molecular flexibility index (Phi) is 5.29. The smallest absolute Gasteiger partial charge is 0.246 e. The van der Waals surface area contributed by atoms with Crippen LogP contribution in [0.4, 0.5) is 0 Å².